The summed E-state index contributed by atoms with van der Waals surface area (Å²) in [7, 11) is 0. The van der Waals surface area contributed by atoms with E-state index in [4.69, 9.17) is 11.5 Å². The molecule has 0 unspecified atom stereocenters. The predicted molar refractivity (Wildman–Crippen MR) is 90.4 cm³/mol. The third-order valence-corrected chi connectivity index (χ3v) is 3.57. The summed E-state index contributed by atoms with van der Waals surface area (Å²) in [4.78, 5) is 0. The molecule has 2 nitrogen and oxygen atoms in total. The van der Waals surface area contributed by atoms with Crippen LogP contribution in [0.4, 0.5) is 0 Å². The first-order valence-corrected chi connectivity index (χ1v) is 7.69. The van der Waals surface area contributed by atoms with E-state index >= 15 is 0 Å². The Kier molecular flexibility index (Phi) is 5.54. The van der Waals surface area contributed by atoms with Gasteiger partial charge in [0.1, 0.15) is 0 Å². The zero-order valence-electron chi connectivity index (χ0n) is 13.0. The fourth-order valence-corrected chi connectivity index (χ4v) is 2.57. The third kappa shape index (κ3) is 5.33. The van der Waals surface area contributed by atoms with Crippen molar-refractivity contribution in [3.63, 3.8) is 0 Å². The van der Waals surface area contributed by atoms with Crippen LogP contribution in [0.25, 0.3) is 0 Å². The van der Waals surface area contributed by atoms with Gasteiger partial charge in [-0.05, 0) is 55.4 Å². The second-order valence-corrected chi connectivity index (χ2v) is 6.17. The summed E-state index contributed by atoms with van der Waals surface area (Å²) >= 11 is 0. The molecule has 0 saturated heterocycles. The molecular weight excluding hydrogens is 256 g/mol. The first-order chi connectivity index (χ1) is 10.0. The maximum Gasteiger partial charge on any atom is 0.00509 e. The lowest BCUT2D eigenvalue weighted by atomic mass is 9.99. The van der Waals surface area contributed by atoms with Gasteiger partial charge in [-0.3, -0.25) is 0 Å². The van der Waals surface area contributed by atoms with Gasteiger partial charge < -0.3 is 11.5 Å². The smallest absolute Gasteiger partial charge is 0.00509 e. The molecule has 0 aliphatic heterocycles. The Morgan fingerprint density at radius 1 is 0.619 bits per heavy atom. The molecule has 0 aliphatic carbocycles. The number of benzene rings is 2. The summed E-state index contributed by atoms with van der Waals surface area (Å²) in [5, 5.41) is 0. The van der Waals surface area contributed by atoms with Crippen LogP contribution >= 0.6 is 0 Å². The monoisotopic (exact) mass is 282 g/mol. The van der Waals surface area contributed by atoms with Crippen molar-refractivity contribution in [1.82, 2.24) is 0 Å². The molecule has 0 spiro atoms. The van der Waals surface area contributed by atoms with Gasteiger partial charge in [-0.1, -0.05) is 48.5 Å². The molecule has 4 N–H and O–H groups in total. The fraction of sp³-hybridized carbons (Fsp3) is 0.368. The molecule has 2 heteroatoms. The highest BCUT2D eigenvalue weighted by Crippen LogP contribution is 2.13. The Morgan fingerprint density at radius 2 is 0.905 bits per heavy atom. The first kappa shape index (κ1) is 15.7. The van der Waals surface area contributed by atoms with E-state index in [9.17, 15) is 0 Å². The average Bonchev–Trinajstić information content (AvgIpc) is 2.42. The second kappa shape index (κ2) is 7.39. The molecule has 2 atom stereocenters. The largest absolute Gasteiger partial charge is 0.328 e. The Hall–Kier alpha value is -1.64. The number of nitrogens with two attached hydrogens (primary N) is 2. The van der Waals surface area contributed by atoms with Gasteiger partial charge in [-0.25, -0.2) is 0 Å². The number of hydrogen-bond donors (Lipinski definition) is 2. The third-order valence-electron chi connectivity index (χ3n) is 3.57. The summed E-state index contributed by atoms with van der Waals surface area (Å²) in [5.41, 5.74) is 16.9. The quantitative estimate of drug-likeness (QED) is 0.855. The van der Waals surface area contributed by atoms with Crippen LogP contribution in [0.2, 0.25) is 0 Å². The van der Waals surface area contributed by atoms with Crippen LogP contribution in [-0.4, -0.2) is 12.1 Å². The summed E-state index contributed by atoms with van der Waals surface area (Å²) in [6.45, 7) is 4.08. The van der Waals surface area contributed by atoms with Crippen molar-refractivity contribution in [2.75, 3.05) is 0 Å². The highest BCUT2D eigenvalue weighted by Gasteiger charge is 2.01. The lowest BCUT2D eigenvalue weighted by molar-refractivity contribution is 0.738. The molecule has 0 saturated carbocycles. The molecular formula is C19H26N2. The molecule has 21 heavy (non-hydrogen) atoms. The summed E-state index contributed by atoms with van der Waals surface area (Å²) in [5.74, 6) is 0. The zero-order valence-corrected chi connectivity index (χ0v) is 13.0. The van der Waals surface area contributed by atoms with E-state index in [1.165, 1.54) is 22.3 Å². The highest BCUT2D eigenvalue weighted by atomic mass is 14.6. The molecule has 0 radical (unpaired) electrons. The van der Waals surface area contributed by atoms with Crippen molar-refractivity contribution in [3.8, 4) is 0 Å². The zero-order chi connectivity index (χ0) is 15.2. The highest BCUT2D eigenvalue weighted by molar-refractivity contribution is 5.31. The predicted octanol–water partition coefficient (Wildman–Crippen LogP) is 3.06. The SMILES string of the molecule is C[C@@H](N)Cc1ccc(Cc2ccc(C[C@@H](C)N)cc2)cc1. The van der Waals surface area contributed by atoms with Gasteiger partial charge in [0.25, 0.3) is 0 Å². The van der Waals surface area contributed by atoms with E-state index in [1.54, 1.807) is 0 Å². The minimum absolute atomic E-state index is 0.216. The normalized spacial score (nSPS) is 13.9. The first-order valence-electron chi connectivity index (χ1n) is 7.69. The van der Waals surface area contributed by atoms with Crippen LogP contribution in [0.15, 0.2) is 48.5 Å². The van der Waals surface area contributed by atoms with E-state index in [2.05, 4.69) is 48.5 Å². The van der Waals surface area contributed by atoms with Crippen molar-refractivity contribution in [2.45, 2.75) is 45.2 Å². The second-order valence-electron chi connectivity index (χ2n) is 6.17. The van der Waals surface area contributed by atoms with E-state index in [0.717, 1.165) is 19.3 Å². The molecule has 0 bridgehead atoms. The number of rotatable bonds is 6. The molecule has 2 aromatic carbocycles. The van der Waals surface area contributed by atoms with Gasteiger partial charge in [0, 0.05) is 12.1 Å². The fourth-order valence-electron chi connectivity index (χ4n) is 2.57. The summed E-state index contributed by atoms with van der Waals surface area (Å²) in [6, 6.07) is 18.0. The van der Waals surface area contributed by atoms with Crippen molar-refractivity contribution < 1.29 is 0 Å². The van der Waals surface area contributed by atoms with Crippen LogP contribution in [0.1, 0.15) is 36.1 Å². The van der Waals surface area contributed by atoms with Crippen molar-refractivity contribution in [2.24, 2.45) is 11.5 Å². The van der Waals surface area contributed by atoms with Crippen molar-refractivity contribution in [3.05, 3.63) is 70.8 Å². The molecule has 112 valence electrons. The number of hydrogen-bond acceptors (Lipinski definition) is 2. The Balaban J connectivity index is 1.97. The molecule has 0 amide bonds. The van der Waals surface area contributed by atoms with Crippen LogP contribution in [0.3, 0.4) is 0 Å². The minimum atomic E-state index is 0.216. The van der Waals surface area contributed by atoms with E-state index < -0.39 is 0 Å². The van der Waals surface area contributed by atoms with Crippen LogP contribution < -0.4 is 11.5 Å². The molecule has 2 rings (SSSR count). The molecule has 0 aliphatic rings. The standard InChI is InChI=1S/C19H26N2/c1-14(20)11-16-3-7-18(8-4-16)13-19-9-5-17(6-10-19)12-15(2)21/h3-10,14-15H,11-13,20-21H2,1-2H3/t14-,15-/m1/s1. The van der Waals surface area contributed by atoms with Gasteiger partial charge in [0.05, 0.1) is 0 Å². The minimum Gasteiger partial charge on any atom is -0.328 e. The molecule has 0 aromatic heterocycles. The van der Waals surface area contributed by atoms with E-state index in [0.29, 0.717) is 0 Å². The maximum absolute atomic E-state index is 5.83. The lowest BCUT2D eigenvalue weighted by Crippen LogP contribution is -2.17. The van der Waals surface area contributed by atoms with Gasteiger partial charge in [-0.2, -0.15) is 0 Å². The topological polar surface area (TPSA) is 52.0 Å². The molecule has 2 aromatic rings. The summed E-state index contributed by atoms with van der Waals surface area (Å²) < 4.78 is 0. The van der Waals surface area contributed by atoms with Crippen molar-refractivity contribution in [1.29, 1.82) is 0 Å². The van der Waals surface area contributed by atoms with E-state index in [1.807, 2.05) is 13.8 Å². The van der Waals surface area contributed by atoms with Gasteiger partial charge in [0.15, 0.2) is 0 Å². The van der Waals surface area contributed by atoms with Gasteiger partial charge >= 0.3 is 0 Å². The molecule has 0 fully saturated rings. The Morgan fingerprint density at radius 3 is 1.19 bits per heavy atom. The lowest BCUT2D eigenvalue weighted by Gasteiger charge is -2.08. The maximum atomic E-state index is 5.83. The molecule has 0 heterocycles. The van der Waals surface area contributed by atoms with Crippen LogP contribution in [-0.2, 0) is 19.3 Å². The van der Waals surface area contributed by atoms with Crippen LogP contribution in [0, 0.1) is 0 Å². The van der Waals surface area contributed by atoms with Crippen LogP contribution in [0.5, 0.6) is 0 Å². The van der Waals surface area contributed by atoms with Gasteiger partial charge in [-0.15, -0.1) is 0 Å². The van der Waals surface area contributed by atoms with Gasteiger partial charge in [0.2, 0.25) is 0 Å². The Bertz CT molecular complexity index is 487. The van der Waals surface area contributed by atoms with E-state index in [-0.39, 0.29) is 12.1 Å². The summed E-state index contributed by atoms with van der Waals surface area (Å²) in [6.07, 6.45) is 2.84. The van der Waals surface area contributed by atoms with Crippen molar-refractivity contribution >= 4 is 0 Å². The Labute approximate surface area is 128 Å². The average molecular weight is 282 g/mol.